The standard InChI is InChI=1S/C15H10ClN3O4S/c16-11-7-6-10(24-11)14(21)22-8-12(20)17-15-19-18-13(23-15)9-4-2-1-3-5-9/h1-7H,8H2,(H,17,19,20). The molecule has 3 aromatic rings. The Labute approximate surface area is 145 Å². The normalized spacial score (nSPS) is 10.4. The summed E-state index contributed by atoms with van der Waals surface area (Å²) in [6, 6.07) is 12.1. The van der Waals surface area contributed by atoms with Gasteiger partial charge in [-0.2, -0.15) is 0 Å². The van der Waals surface area contributed by atoms with Crippen molar-refractivity contribution in [3.05, 3.63) is 51.7 Å². The van der Waals surface area contributed by atoms with Crippen LogP contribution in [0.3, 0.4) is 0 Å². The summed E-state index contributed by atoms with van der Waals surface area (Å²) in [5, 5.41) is 9.91. The number of aromatic nitrogens is 2. The van der Waals surface area contributed by atoms with E-state index in [0.717, 1.165) is 16.9 Å². The van der Waals surface area contributed by atoms with Gasteiger partial charge >= 0.3 is 12.0 Å². The molecular weight excluding hydrogens is 354 g/mol. The van der Waals surface area contributed by atoms with E-state index in [0.29, 0.717) is 9.21 Å². The topological polar surface area (TPSA) is 94.3 Å². The van der Waals surface area contributed by atoms with Crippen molar-refractivity contribution in [3.63, 3.8) is 0 Å². The van der Waals surface area contributed by atoms with Gasteiger partial charge in [0.1, 0.15) is 4.88 Å². The van der Waals surface area contributed by atoms with Crippen LogP contribution in [0.5, 0.6) is 0 Å². The third kappa shape index (κ3) is 3.98. The summed E-state index contributed by atoms with van der Waals surface area (Å²) in [6.07, 6.45) is 0. The van der Waals surface area contributed by atoms with Crippen molar-refractivity contribution < 1.29 is 18.7 Å². The average molecular weight is 364 g/mol. The second-order valence-electron chi connectivity index (χ2n) is 4.51. The molecule has 0 aliphatic rings. The van der Waals surface area contributed by atoms with E-state index in [1.807, 2.05) is 18.2 Å². The molecule has 3 rings (SSSR count). The van der Waals surface area contributed by atoms with Gasteiger partial charge in [-0.3, -0.25) is 10.1 Å². The van der Waals surface area contributed by atoms with Gasteiger partial charge in [0, 0.05) is 5.56 Å². The number of amides is 1. The monoisotopic (exact) mass is 363 g/mol. The van der Waals surface area contributed by atoms with Crippen molar-refractivity contribution in [2.45, 2.75) is 0 Å². The third-order valence-corrected chi connectivity index (χ3v) is 4.01. The fourth-order valence-corrected chi connectivity index (χ4v) is 2.69. The second kappa shape index (κ2) is 7.24. The van der Waals surface area contributed by atoms with E-state index in [1.54, 1.807) is 18.2 Å². The lowest BCUT2D eigenvalue weighted by Crippen LogP contribution is -2.20. The number of benzene rings is 1. The molecule has 2 heterocycles. The van der Waals surface area contributed by atoms with Crippen LogP contribution in [-0.2, 0) is 9.53 Å². The number of carbonyl (C=O) groups excluding carboxylic acids is 2. The molecular formula is C15H10ClN3O4S. The van der Waals surface area contributed by atoms with Crippen molar-refractivity contribution in [2.24, 2.45) is 0 Å². The number of hydrogen-bond donors (Lipinski definition) is 1. The predicted molar refractivity (Wildman–Crippen MR) is 88.0 cm³/mol. The Morgan fingerprint density at radius 1 is 1.17 bits per heavy atom. The van der Waals surface area contributed by atoms with Crippen LogP contribution in [0, 0.1) is 0 Å². The first kappa shape index (κ1) is 16.2. The van der Waals surface area contributed by atoms with Gasteiger partial charge in [-0.15, -0.1) is 16.4 Å². The number of esters is 1. The number of hydrogen-bond acceptors (Lipinski definition) is 7. The van der Waals surface area contributed by atoms with Crippen LogP contribution in [0.15, 0.2) is 46.9 Å². The SMILES string of the molecule is O=C(COC(=O)c1ccc(Cl)s1)Nc1nnc(-c2ccccc2)o1. The molecule has 1 aromatic carbocycles. The Kier molecular flexibility index (Phi) is 4.88. The first-order valence-corrected chi connectivity index (χ1v) is 7.92. The van der Waals surface area contributed by atoms with E-state index in [4.69, 9.17) is 20.8 Å². The average Bonchev–Trinajstić information content (AvgIpc) is 3.23. The number of ether oxygens (including phenoxy) is 1. The van der Waals surface area contributed by atoms with E-state index in [9.17, 15) is 9.59 Å². The number of rotatable bonds is 5. The summed E-state index contributed by atoms with van der Waals surface area (Å²) >= 11 is 6.80. The predicted octanol–water partition coefficient (Wildman–Crippen LogP) is 3.25. The Hall–Kier alpha value is -2.71. The van der Waals surface area contributed by atoms with Crippen LogP contribution in [0.25, 0.3) is 11.5 Å². The highest BCUT2D eigenvalue weighted by Crippen LogP contribution is 2.22. The van der Waals surface area contributed by atoms with E-state index in [-0.39, 0.29) is 11.9 Å². The summed E-state index contributed by atoms with van der Waals surface area (Å²) in [6.45, 7) is -0.475. The Bertz CT molecular complexity index is 862. The molecule has 24 heavy (non-hydrogen) atoms. The first-order valence-electron chi connectivity index (χ1n) is 6.73. The molecule has 0 saturated heterocycles. The molecule has 1 amide bonds. The highest BCUT2D eigenvalue weighted by molar-refractivity contribution is 7.17. The van der Waals surface area contributed by atoms with Crippen molar-refractivity contribution >= 4 is 40.8 Å². The van der Waals surface area contributed by atoms with Gasteiger partial charge in [0.2, 0.25) is 5.89 Å². The van der Waals surface area contributed by atoms with Gasteiger partial charge in [-0.25, -0.2) is 4.79 Å². The van der Waals surface area contributed by atoms with E-state index in [2.05, 4.69) is 15.5 Å². The molecule has 0 unspecified atom stereocenters. The Morgan fingerprint density at radius 3 is 2.67 bits per heavy atom. The molecule has 0 atom stereocenters. The van der Waals surface area contributed by atoms with Crippen LogP contribution >= 0.6 is 22.9 Å². The fourth-order valence-electron chi connectivity index (χ4n) is 1.75. The maximum atomic E-state index is 11.8. The number of carbonyl (C=O) groups is 2. The lowest BCUT2D eigenvalue weighted by atomic mass is 10.2. The molecule has 0 saturated carbocycles. The summed E-state index contributed by atoms with van der Waals surface area (Å²) in [5.74, 6) is -0.942. The summed E-state index contributed by atoms with van der Waals surface area (Å²) in [5.41, 5.74) is 0.728. The Morgan fingerprint density at radius 2 is 1.96 bits per heavy atom. The number of nitrogens with zero attached hydrogens (tertiary/aromatic N) is 2. The van der Waals surface area contributed by atoms with Crippen LogP contribution < -0.4 is 5.32 Å². The minimum Gasteiger partial charge on any atom is -0.451 e. The van der Waals surface area contributed by atoms with Gasteiger partial charge in [0.25, 0.3) is 5.91 Å². The molecule has 0 aliphatic carbocycles. The molecule has 0 aliphatic heterocycles. The van der Waals surface area contributed by atoms with Gasteiger partial charge in [-0.1, -0.05) is 34.9 Å². The highest BCUT2D eigenvalue weighted by Gasteiger charge is 2.15. The molecule has 0 spiro atoms. The van der Waals surface area contributed by atoms with E-state index in [1.165, 1.54) is 6.07 Å². The summed E-state index contributed by atoms with van der Waals surface area (Å²) in [4.78, 5) is 23.8. The number of nitrogens with one attached hydrogen (secondary N) is 1. The fraction of sp³-hybridized carbons (Fsp3) is 0.0667. The number of halogens is 1. The second-order valence-corrected chi connectivity index (χ2v) is 6.22. The van der Waals surface area contributed by atoms with Crippen LogP contribution in [0.2, 0.25) is 4.34 Å². The highest BCUT2D eigenvalue weighted by atomic mass is 35.5. The smallest absolute Gasteiger partial charge is 0.348 e. The molecule has 0 fully saturated rings. The molecule has 1 N–H and O–H groups in total. The summed E-state index contributed by atoms with van der Waals surface area (Å²) in [7, 11) is 0. The van der Waals surface area contributed by atoms with Crippen LogP contribution in [-0.4, -0.2) is 28.7 Å². The number of anilines is 1. The van der Waals surface area contributed by atoms with Crippen molar-refractivity contribution in [3.8, 4) is 11.5 Å². The van der Waals surface area contributed by atoms with Gasteiger partial charge in [-0.05, 0) is 24.3 Å². The number of thiophene rings is 1. The largest absolute Gasteiger partial charge is 0.451 e. The minimum atomic E-state index is -0.627. The first-order chi connectivity index (χ1) is 11.6. The zero-order valence-electron chi connectivity index (χ0n) is 12.1. The van der Waals surface area contributed by atoms with Gasteiger partial charge in [0.05, 0.1) is 4.34 Å². The molecule has 9 heteroatoms. The lowest BCUT2D eigenvalue weighted by Gasteiger charge is -2.02. The van der Waals surface area contributed by atoms with Gasteiger partial charge < -0.3 is 9.15 Å². The zero-order chi connectivity index (χ0) is 16.9. The molecule has 122 valence electrons. The van der Waals surface area contributed by atoms with E-state index < -0.39 is 18.5 Å². The summed E-state index contributed by atoms with van der Waals surface area (Å²) < 4.78 is 10.7. The van der Waals surface area contributed by atoms with Crippen LogP contribution in [0.4, 0.5) is 6.01 Å². The molecule has 7 nitrogen and oxygen atoms in total. The van der Waals surface area contributed by atoms with Gasteiger partial charge in [0.15, 0.2) is 6.61 Å². The molecule has 0 bridgehead atoms. The molecule has 0 radical (unpaired) electrons. The molecule has 2 aromatic heterocycles. The quantitative estimate of drug-likeness (QED) is 0.699. The maximum Gasteiger partial charge on any atom is 0.348 e. The van der Waals surface area contributed by atoms with Crippen LogP contribution in [0.1, 0.15) is 9.67 Å². The lowest BCUT2D eigenvalue weighted by molar-refractivity contribution is -0.119. The van der Waals surface area contributed by atoms with Crippen molar-refractivity contribution in [2.75, 3.05) is 11.9 Å². The minimum absolute atomic E-state index is 0.0749. The Balaban J connectivity index is 1.54. The van der Waals surface area contributed by atoms with Crippen molar-refractivity contribution in [1.82, 2.24) is 10.2 Å². The maximum absolute atomic E-state index is 11.8. The third-order valence-electron chi connectivity index (χ3n) is 2.80. The van der Waals surface area contributed by atoms with E-state index >= 15 is 0 Å². The zero-order valence-corrected chi connectivity index (χ0v) is 13.6. The van der Waals surface area contributed by atoms with Crippen molar-refractivity contribution in [1.29, 1.82) is 0 Å².